The molecule has 116 valence electrons. The first-order chi connectivity index (χ1) is 9.73. The van der Waals surface area contributed by atoms with E-state index in [-0.39, 0.29) is 19.7 Å². The lowest BCUT2D eigenvalue weighted by atomic mass is 10.1. The lowest BCUT2D eigenvalue weighted by Crippen LogP contribution is -2.36. The van der Waals surface area contributed by atoms with E-state index < -0.39 is 10.0 Å². The zero-order valence-corrected chi connectivity index (χ0v) is 14.8. The Kier molecular flexibility index (Phi) is 5.20. The van der Waals surface area contributed by atoms with Gasteiger partial charge in [0, 0.05) is 16.9 Å². The number of benzene rings is 1. The summed E-state index contributed by atoms with van der Waals surface area (Å²) in [5.41, 5.74) is 6.05. The van der Waals surface area contributed by atoms with E-state index >= 15 is 0 Å². The Morgan fingerprint density at radius 3 is 2.81 bits per heavy atom. The highest BCUT2D eigenvalue weighted by atomic mass is 35.5. The maximum Gasteiger partial charge on any atom is 0.242 e. The number of hydrogen-bond donors (Lipinski definition) is 2. The molecule has 1 aliphatic rings. The van der Waals surface area contributed by atoms with Crippen LogP contribution >= 0.6 is 35.6 Å². The molecule has 0 aliphatic carbocycles. The third-order valence-corrected chi connectivity index (χ3v) is 7.10. The van der Waals surface area contributed by atoms with Crippen molar-refractivity contribution in [2.45, 2.75) is 29.4 Å². The number of rotatable bonds is 5. The lowest BCUT2D eigenvalue weighted by Gasteiger charge is -2.23. The Labute approximate surface area is 139 Å². The van der Waals surface area contributed by atoms with Crippen molar-refractivity contribution >= 4 is 50.6 Å². The summed E-state index contributed by atoms with van der Waals surface area (Å²) < 4.78 is 27.3. The van der Waals surface area contributed by atoms with Gasteiger partial charge in [-0.3, -0.25) is 0 Å². The average Bonchev–Trinajstić information content (AvgIpc) is 2.84. The normalized spacial score (nSPS) is 22.4. The van der Waals surface area contributed by atoms with Crippen LogP contribution in [0.2, 0.25) is 5.02 Å². The largest absolute Gasteiger partial charge is 0.389 e. The van der Waals surface area contributed by atoms with Crippen LogP contribution in [0.1, 0.15) is 25.3 Å². The molecular formula is C13H17ClN2O2S3. The van der Waals surface area contributed by atoms with E-state index in [4.69, 9.17) is 29.6 Å². The average molecular weight is 365 g/mol. The minimum absolute atomic E-state index is 0.0433. The van der Waals surface area contributed by atoms with Crippen molar-refractivity contribution in [3.05, 3.63) is 28.8 Å². The molecule has 4 nitrogen and oxygen atoms in total. The van der Waals surface area contributed by atoms with Crippen LogP contribution in [-0.4, -0.2) is 30.5 Å². The number of halogens is 1. The molecule has 1 heterocycles. The van der Waals surface area contributed by atoms with Gasteiger partial charge in [0.15, 0.2) is 0 Å². The van der Waals surface area contributed by atoms with E-state index in [1.54, 1.807) is 17.8 Å². The smallest absolute Gasteiger partial charge is 0.242 e. The van der Waals surface area contributed by atoms with Gasteiger partial charge in [0.25, 0.3) is 0 Å². The summed E-state index contributed by atoms with van der Waals surface area (Å²) in [6, 6.07) is 4.47. The minimum Gasteiger partial charge on any atom is -0.389 e. The van der Waals surface area contributed by atoms with Crippen LogP contribution in [0.4, 0.5) is 0 Å². The molecule has 1 aromatic carbocycles. The summed E-state index contributed by atoms with van der Waals surface area (Å²) in [5, 5.41) is 0.122. The molecular weight excluding hydrogens is 348 g/mol. The van der Waals surface area contributed by atoms with Crippen molar-refractivity contribution in [2.75, 3.05) is 12.3 Å². The van der Waals surface area contributed by atoms with Gasteiger partial charge in [-0.05, 0) is 37.7 Å². The molecule has 0 aromatic heterocycles. The van der Waals surface area contributed by atoms with Crippen molar-refractivity contribution in [1.82, 2.24) is 4.72 Å². The third kappa shape index (κ3) is 4.10. The number of thiocarbonyl (C=S) groups is 1. The molecule has 21 heavy (non-hydrogen) atoms. The van der Waals surface area contributed by atoms with Gasteiger partial charge in [-0.15, -0.1) is 0 Å². The van der Waals surface area contributed by atoms with Gasteiger partial charge in [-0.25, -0.2) is 13.1 Å². The predicted octanol–water partition coefficient (Wildman–Crippen LogP) is 2.54. The first-order valence-corrected chi connectivity index (χ1v) is 9.72. The minimum atomic E-state index is -3.64. The van der Waals surface area contributed by atoms with Crippen molar-refractivity contribution in [3.63, 3.8) is 0 Å². The molecule has 1 atom stereocenters. The SMILES string of the molecule is CC1(CNS(=O)(=O)c2ccc(C(N)=S)cc2Cl)CCCS1. The maximum absolute atomic E-state index is 12.4. The van der Waals surface area contributed by atoms with E-state index in [0.717, 1.165) is 18.6 Å². The van der Waals surface area contributed by atoms with Crippen molar-refractivity contribution in [1.29, 1.82) is 0 Å². The molecule has 8 heteroatoms. The zero-order chi connectivity index (χ0) is 15.7. The predicted molar refractivity (Wildman–Crippen MR) is 92.6 cm³/mol. The van der Waals surface area contributed by atoms with Crippen LogP contribution in [0.5, 0.6) is 0 Å². The highest BCUT2D eigenvalue weighted by Crippen LogP contribution is 2.37. The highest BCUT2D eigenvalue weighted by Gasteiger charge is 2.31. The number of sulfonamides is 1. The molecule has 1 fully saturated rings. The first kappa shape index (κ1) is 17.0. The number of nitrogens with one attached hydrogen (secondary N) is 1. The van der Waals surface area contributed by atoms with Gasteiger partial charge in [0.2, 0.25) is 10.0 Å². The molecule has 1 aliphatic heterocycles. The first-order valence-electron chi connectivity index (χ1n) is 6.46. The van der Waals surface area contributed by atoms with Gasteiger partial charge in [-0.2, -0.15) is 11.8 Å². The molecule has 1 saturated heterocycles. The zero-order valence-electron chi connectivity index (χ0n) is 11.6. The Balaban J connectivity index is 2.17. The second kappa shape index (κ2) is 6.42. The Bertz CT molecular complexity index is 655. The van der Waals surface area contributed by atoms with E-state index in [1.165, 1.54) is 12.1 Å². The van der Waals surface area contributed by atoms with Gasteiger partial charge < -0.3 is 5.73 Å². The number of nitrogens with two attached hydrogens (primary N) is 1. The van der Waals surface area contributed by atoms with Crippen LogP contribution in [0, 0.1) is 0 Å². The summed E-state index contributed by atoms with van der Waals surface area (Å²) in [6.45, 7) is 2.47. The van der Waals surface area contributed by atoms with Crippen LogP contribution in [0.3, 0.4) is 0 Å². The van der Waals surface area contributed by atoms with E-state index in [2.05, 4.69) is 11.6 Å². The number of hydrogen-bond acceptors (Lipinski definition) is 4. The van der Waals surface area contributed by atoms with Crippen LogP contribution in [0.25, 0.3) is 0 Å². The highest BCUT2D eigenvalue weighted by molar-refractivity contribution is 8.01. The standard InChI is InChI=1S/C13H17ClN2O2S3/c1-13(5-2-6-20-13)8-16-21(17,18)11-4-3-9(12(15)19)7-10(11)14/h3-4,7,16H,2,5-6,8H2,1H3,(H2,15,19). The molecule has 2 rings (SSSR count). The maximum atomic E-state index is 12.4. The van der Waals surface area contributed by atoms with Gasteiger partial charge in [-0.1, -0.05) is 29.9 Å². The molecule has 1 aromatic rings. The quantitative estimate of drug-likeness (QED) is 0.785. The van der Waals surface area contributed by atoms with Gasteiger partial charge >= 0.3 is 0 Å². The summed E-state index contributed by atoms with van der Waals surface area (Å²) in [7, 11) is -3.64. The van der Waals surface area contributed by atoms with Crippen molar-refractivity contribution < 1.29 is 8.42 Å². The van der Waals surface area contributed by atoms with Crippen LogP contribution in [0.15, 0.2) is 23.1 Å². The van der Waals surface area contributed by atoms with Crippen LogP contribution < -0.4 is 10.5 Å². The molecule has 0 bridgehead atoms. The fourth-order valence-electron chi connectivity index (χ4n) is 2.17. The monoisotopic (exact) mass is 364 g/mol. The van der Waals surface area contributed by atoms with Crippen molar-refractivity contribution in [3.8, 4) is 0 Å². The molecule has 0 amide bonds. The van der Waals surface area contributed by atoms with Crippen molar-refractivity contribution in [2.24, 2.45) is 5.73 Å². The summed E-state index contributed by atoms with van der Waals surface area (Å²) in [5.74, 6) is 1.07. The lowest BCUT2D eigenvalue weighted by molar-refractivity contribution is 0.552. The Morgan fingerprint density at radius 2 is 2.29 bits per heavy atom. The Hall–Kier alpha value is -0.340. The second-order valence-electron chi connectivity index (χ2n) is 5.24. The molecule has 3 N–H and O–H groups in total. The molecule has 0 saturated carbocycles. The van der Waals surface area contributed by atoms with Gasteiger partial charge in [0.05, 0.1) is 5.02 Å². The van der Waals surface area contributed by atoms with E-state index in [1.807, 2.05) is 0 Å². The summed E-state index contributed by atoms with van der Waals surface area (Å²) in [6.07, 6.45) is 2.13. The molecule has 0 radical (unpaired) electrons. The second-order valence-corrected chi connectivity index (χ2v) is 9.50. The van der Waals surface area contributed by atoms with E-state index in [9.17, 15) is 8.42 Å². The Morgan fingerprint density at radius 1 is 1.57 bits per heavy atom. The fourth-order valence-corrected chi connectivity index (χ4v) is 5.35. The number of thioether (sulfide) groups is 1. The summed E-state index contributed by atoms with van der Waals surface area (Å²) in [4.78, 5) is 0.236. The summed E-state index contributed by atoms with van der Waals surface area (Å²) >= 11 is 12.7. The van der Waals surface area contributed by atoms with Gasteiger partial charge in [0.1, 0.15) is 9.88 Å². The molecule has 1 unspecified atom stereocenters. The molecule has 0 spiro atoms. The third-order valence-electron chi connectivity index (χ3n) is 3.44. The van der Waals surface area contributed by atoms with Crippen LogP contribution in [-0.2, 0) is 10.0 Å². The topological polar surface area (TPSA) is 72.2 Å². The fraction of sp³-hybridized carbons (Fsp3) is 0.462. The van der Waals surface area contributed by atoms with E-state index in [0.29, 0.717) is 12.1 Å².